The molecule has 0 radical (unpaired) electrons. The summed E-state index contributed by atoms with van der Waals surface area (Å²) in [6.45, 7) is 4.79. The highest BCUT2D eigenvalue weighted by Gasteiger charge is 2.07. The minimum Gasteiger partial charge on any atom is -0.370 e. The molecule has 0 aliphatic rings. The molecule has 0 saturated carbocycles. The van der Waals surface area contributed by atoms with E-state index in [-0.39, 0.29) is 5.82 Å². The van der Waals surface area contributed by atoms with Crippen molar-refractivity contribution >= 4 is 17.6 Å². The highest BCUT2D eigenvalue weighted by atomic mass is 32.2. The zero-order valence-corrected chi connectivity index (χ0v) is 11.8. The Morgan fingerprint density at radius 1 is 1.26 bits per heavy atom. The summed E-state index contributed by atoms with van der Waals surface area (Å²) < 4.78 is 13.6. The van der Waals surface area contributed by atoms with Crippen molar-refractivity contribution in [2.75, 3.05) is 11.9 Å². The number of rotatable bonds is 5. The molecule has 3 nitrogen and oxygen atoms in total. The van der Waals surface area contributed by atoms with Crippen molar-refractivity contribution in [2.45, 2.75) is 30.2 Å². The standard InChI is InChI=1S/C14H16FN3S/c1-3-8-16-13-9-14(18-10(2)17-13)19-12-7-5-4-6-11(12)15/h4-7,9H,3,8H2,1-2H3,(H,16,17,18). The minimum atomic E-state index is -0.230. The molecule has 5 heteroatoms. The van der Waals surface area contributed by atoms with Crippen LogP contribution in [0, 0.1) is 12.7 Å². The lowest BCUT2D eigenvalue weighted by Gasteiger charge is -2.07. The first kappa shape index (κ1) is 13.8. The van der Waals surface area contributed by atoms with Gasteiger partial charge in [0.25, 0.3) is 0 Å². The van der Waals surface area contributed by atoms with Crippen LogP contribution in [-0.2, 0) is 0 Å². The van der Waals surface area contributed by atoms with Crippen molar-refractivity contribution in [3.05, 3.63) is 42.0 Å². The monoisotopic (exact) mass is 277 g/mol. The van der Waals surface area contributed by atoms with Gasteiger partial charge in [0.05, 0.1) is 0 Å². The lowest BCUT2D eigenvalue weighted by molar-refractivity contribution is 0.602. The Labute approximate surface area is 116 Å². The predicted octanol–water partition coefficient (Wildman–Crippen LogP) is 3.90. The smallest absolute Gasteiger partial charge is 0.137 e. The van der Waals surface area contributed by atoms with E-state index >= 15 is 0 Å². The fourth-order valence-corrected chi connectivity index (χ4v) is 2.46. The van der Waals surface area contributed by atoms with Crippen LogP contribution in [0.2, 0.25) is 0 Å². The molecule has 1 heterocycles. The topological polar surface area (TPSA) is 37.8 Å². The normalized spacial score (nSPS) is 10.5. The number of aryl methyl sites for hydroxylation is 1. The third-order valence-corrected chi connectivity index (χ3v) is 3.39. The Morgan fingerprint density at radius 2 is 2.05 bits per heavy atom. The first-order valence-corrected chi connectivity index (χ1v) is 7.02. The molecule has 1 aromatic heterocycles. The van der Waals surface area contributed by atoms with E-state index in [4.69, 9.17) is 0 Å². The molecular weight excluding hydrogens is 261 g/mol. The van der Waals surface area contributed by atoms with Gasteiger partial charge in [-0.15, -0.1) is 0 Å². The van der Waals surface area contributed by atoms with E-state index in [1.54, 1.807) is 12.1 Å². The fraction of sp³-hybridized carbons (Fsp3) is 0.286. The molecule has 0 fully saturated rings. The van der Waals surface area contributed by atoms with Gasteiger partial charge in [-0.2, -0.15) is 0 Å². The molecular formula is C14H16FN3S. The van der Waals surface area contributed by atoms with Gasteiger partial charge in [0.2, 0.25) is 0 Å². The van der Waals surface area contributed by atoms with Gasteiger partial charge in [0.1, 0.15) is 22.5 Å². The number of hydrogen-bond donors (Lipinski definition) is 1. The molecule has 0 aliphatic carbocycles. The van der Waals surface area contributed by atoms with Crippen LogP contribution in [0.4, 0.5) is 10.2 Å². The molecule has 0 amide bonds. The van der Waals surface area contributed by atoms with Crippen LogP contribution in [0.1, 0.15) is 19.2 Å². The highest BCUT2D eigenvalue weighted by molar-refractivity contribution is 7.99. The van der Waals surface area contributed by atoms with Gasteiger partial charge in [0.15, 0.2) is 0 Å². The maximum Gasteiger partial charge on any atom is 0.137 e. The third-order valence-electron chi connectivity index (χ3n) is 2.42. The summed E-state index contributed by atoms with van der Waals surface area (Å²) in [6.07, 6.45) is 1.03. The Balaban J connectivity index is 2.20. The zero-order chi connectivity index (χ0) is 13.7. The fourth-order valence-electron chi connectivity index (χ4n) is 1.58. The summed E-state index contributed by atoms with van der Waals surface area (Å²) in [4.78, 5) is 9.20. The summed E-state index contributed by atoms with van der Waals surface area (Å²) in [7, 11) is 0. The SMILES string of the molecule is CCCNc1cc(Sc2ccccc2F)nc(C)n1. The van der Waals surface area contributed by atoms with E-state index in [9.17, 15) is 4.39 Å². The van der Waals surface area contributed by atoms with Gasteiger partial charge in [-0.25, -0.2) is 14.4 Å². The molecule has 1 aromatic carbocycles. The predicted molar refractivity (Wildman–Crippen MR) is 76.1 cm³/mol. The second-order valence-corrected chi connectivity index (χ2v) is 5.16. The van der Waals surface area contributed by atoms with Crippen molar-refractivity contribution in [2.24, 2.45) is 0 Å². The third kappa shape index (κ3) is 3.92. The van der Waals surface area contributed by atoms with Crippen LogP contribution >= 0.6 is 11.8 Å². The molecule has 100 valence electrons. The van der Waals surface area contributed by atoms with Crippen molar-refractivity contribution in [3.8, 4) is 0 Å². The Bertz CT molecular complexity index is 560. The minimum absolute atomic E-state index is 0.230. The summed E-state index contributed by atoms with van der Waals surface area (Å²) in [5.74, 6) is 1.24. The number of nitrogens with one attached hydrogen (secondary N) is 1. The number of aromatic nitrogens is 2. The molecule has 2 rings (SSSR count). The second-order valence-electron chi connectivity index (χ2n) is 4.10. The molecule has 0 spiro atoms. The van der Waals surface area contributed by atoms with E-state index in [1.165, 1.54) is 17.8 Å². The molecule has 0 unspecified atom stereocenters. The van der Waals surface area contributed by atoms with Crippen molar-refractivity contribution < 1.29 is 4.39 Å². The van der Waals surface area contributed by atoms with E-state index < -0.39 is 0 Å². The van der Waals surface area contributed by atoms with E-state index in [0.717, 1.165) is 23.8 Å². The lowest BCUT2D eigenvalue weighted by Crippen LogP contribution is -2.04. The number of nitrogens with zero attached hydrogens (tertiary/aromatic N) is 2. The van der Waals surface area contributed by atoms with Gasteiger partial charge in [0, 0.05) is 17.5 Å². The Morgan fingerprint density at radius 3 is 2.79 bits per heavy atom. The Hall–Kier alpha value is -1.62. The Kier molecular flexibility index (Phi) is 4.74. The number of hydrogen-bond acceptors (Lipinski definition) is 4. The molecule has 19 heavy (non-hydrogen) atoms. The average Bonchev–Trinajstić information content (AvgIpc) is 2.38. The first-order chi connectivity index (χ1) is 9.19. The summed E-state index contributed by atoms with van der Waals surface area (Å²) in [5, 5.41) is 3.96. The van der Waals surface area contributed by atoms with Gasteiger partial charge in [-0.05, 0) is 25.5 Å². The second kappa shape index (κ2) is 6.52. The van der Waals surface area contributed by atoms with Gasteiger partial charge >= 0.3 is 0 Å². The van der Waals surface area contributed by atoms with Gasteiger partial charge in [-0.1, -0.05) is 30.8 Å². The molecule has 0 bridgehead atoms. The lowest BCUT2D eigenvalue weighted by atomic mass is 10.3. The van der Waals surface area contributed by atoms with Gasteiger partial charge < -0.3 is 5.32 Å². The number of halogens is 1. The van der Waals surface area contributed by atoms with Crippen molar-refractivity contribution in [1.82, 2.24) is 9.97 Å². The van der Waals surface area contributed by atoms with Crippen LogP contribution in [-0.4, -0.2) is 16.5 Å². The maximum absolute atomic E-state index is 13.6. The summed E-state index contributed by atoms with van der Waals surface area (Å²) in [6, 6.07) is 8.54. The first-order valence-electron chi connectivity index (χ1n) is 6.21. The molecule has 1 N–H and O–H groups in total. The van der Waals surface area contributed by atoms with Crippen molar-refractivity contribution in [3.63, 3.8) is 0 Å². The summed E-state index contributed by atoms with van der Waals surface area (Å²) >= 11 is 1.31. The van der Waals surface area contributed by atoms with E-state index in [0.29, 0.717) is 10.7 Å². The average molecular weight is 277 g/mol. The van der Waals surface area contributed by atoms with Crippen LogP contribution in [0.15, 0.2) is 40.3 Å². The number of anilines is 1. The molecule has 0 saturated heterocycles. The zero-order valence-electron chi connectivity index (χ0n) is 11.0. The van der Waals surface area contributed by atoms with Crippen LogP contribution in [0.25, 0.3) is 0 Å². The molecule has 2 aromatic rings. The summed E-state index contributed by atoms with van der Waals surface area (Å²) in [5.41, 5.74) is 0. The van der Waals surface area contributed by atoms with Crippen LogP contribution in [0.3, 0.4) is 0 Å². The molecule has 0 aliphatic heterocycles. The highest BCUT2D eigenvalue weighted by Crippen LogP contribution is 2.29. The number of benzene rings is 1. The van der Waals surface area contributed by atoms with Crippen molar-refractivity contribution in [1.29, 1.82) is 0 Å². The van der Waals surface area contributed by atoms with Crippen LogP contribution < -0.4 is 5.32 Å². The van der Waals surface area contributed by atoms with Gasteiger partial charge in [-0.3, -0.25) is 0 Å². The van der Waals surface area contributed by atoms with E-state index in [1.807, 2.05) is 19.1 Å². The maximum atomic E-state index is 13.6. The largest absolute Gasteiger partial charge is 0.370 e. The quantitative estimate of drug-likeness (QED) is 0.841. The van der Waals surface area contributed by atoms with E-state index in [2.05, 4.69) is 22.2 Å². The molecule has 0 atom stereocenters. The van der Waals surface area contributed by atoms with Crippen LogP contribution in [0.5, 0.6) is 0 Å².